The number of carbonyl (C=O) groups is 1. The van der Waals surface area contributed by atoms with Crippen molar-refractivity contribution < 1.29 is 4.79 Å². The number of nitrogens with zero attached hydrogens (tertiary/aromatic N) is 4. The zero-order valence-corrected chi connectivity index (χ0v) is 14.7. The molecule has 0 aromatic carbocycles. The van der Waals surface area contributed by atoms with Crippen molar-refractivity contribution in [2.45, 2.75) is 46.7 Å². The molecule has 2 heterocycles. The third-order valence-electron chi connectivity index (χ3n) is 3.73. The number of aromatic nitrogens is 3. The fraction of sp³-hybridized carbons (Fsp3) is 0.562. The summed E-state index contributed by atoms with van der Waals surface area (Å²) in [4.78, 5) is 19.7. The first-order chi connectivity index (χ1) is 10.4. The molecule has 0 radical (unpaired) electrons. The monoisotopic (exact) mass is 320 g/mol. The Balaban J connectivity index is 2.22. The molecule has 0 aliphatic heterocycles. The fourth-order valence-corrected chi connectivity index (χ4v) is 3.10. The lowest BCUT2D eigenvalue weighted by Crippen LogP contribution is -2.31. The van der Waals surface area contributed by atoms with Gasteiger partial charge in [0.25, 0.3) is 5.91 Å². The molecule has 2 rings (SSSR count). The molecule has 0 spiro atoms. The molecule has 0 bridgehead atoms. The van der Waals surface area contributed by atoms with Gasteiger partial charge in [0.05, 0.1) is 17.2 Å². The molecule has 2 aromatic rings. The molecule has 0 fully saturated rings. The smallest absolute Gasteiger partial charge is 0.272 e. The predicted molar refractivity (Wildman–Crippen MR) is 89.1 cm³/mol. The highest BCUT2D eigenvalue weighted by atomic mass is 32.1. The molecule has 22 heavy (non-hydrogen) atoms. The Labute approximate surface area is 136 Å². The van der Waals surface area contributed by atoms with Crippen LogP contribution >= 0.6 is 11.3 Å². The van der Waals surface area contributed by atoms with Crippen LogP contribution < -0.4 is 0 Å². The van der Waals surface area contributed by atoms with Crippen molar-refractivity contribution in [1.29, 1.82) is 0 Å². The van der Waals surface area contributed by atoms with Crippen molar-refractivity contribution in [3.8, 4) is 0 Å². The summed E-state index contributed by atoms with van der Waals surface area (Å²) in [6, 6.07) is 1.94. The number of carbonyl (C=O) groups excluding carboxylic acids is 1. The van der Waals surface area contributed by atoms with Crippen LogP contribution in [-0.4, -0.2) is 32.6 Å². The van der Waals surface area contributed by atoms with Crippen LogP contribution in [0, 0.1) is 5.92 Å². The normalized spacial score (nSPS) is 12.6. The largest absolute Gasteiger partial charge is 0.333 e. The van der Waals surface area contributed by atoms with Gasteiger partial charge >= 0.3 is 0 Å². The molecule has 0 aliphatic rings. The van der Waals surface area contributed by atoms with Crippen molar-refractivity contribution in [2.24, 2.45) is 5.92 Å². The van der Waals surface area contributed by atoms with Gasteiger partial charge in [0.2, 0.25) is 0 Å². The van der Waals surface area contributed by atoms with Crippen molar-refractivity contribution >= 4 is 17.2 Å². The zero-order valence-electron chi connectivity index (χ0n) is 13.9. The van der Waals surface area contributed by atoms with E-state index in [0.717, 1.165) is 17.0 Å². The molecule has 120 valence electrons. The van der Waals surface area contributed by atoms with Crippen molar-refractivity contribution in [3.05, 3.63) is 34.0 Å². The quantitative estimate of drug-likeness (QED) is 0.820. The number of hydrogen-bond donors (Lipinski definition) is 0. The van der Waals surface area contributed by atoms with Gasteiger partial charge in [-0.25, -0.2) is 0 Å². The minimum absolute atomic E-state index is 0.00487. The van der Waals surface area contributed by atoms with E-state index in [1.54, 1.807) is 26.4 Å². The standard InChI is InChI=1S/C16H24N4OS/c1-6-20-14(8-13(18-20)7-11(2)3)16(21)19(5)12(4)15-9-17-10-22-15/h8-12H,6-7H2,1-5H3/t12-/m0/s1. The van der Waals surface area contributed by atoms with E-state index in [0.29, 0.717) is 18.2 Å². The van der Waals surface area contributed by atoms with E-state index in [1.807, 2.05) is 33.2 Å². The first-order valence-corrected chi connectivity index (χ1v) is 8.54. The molecule has 5 nitrogen and oxygen atoms in total. The fourth-order valence-electron chi connectivity index (χ4n) is 2.38. The summed E-state index contributed by atoms with van der Waals surface area (Å²) in [5, 5.41) is 4.55. The lowest BCUT2D eigenvalue weighted by molar-refractivity contribution is 0.0732. The van der Waals surface area contributed by atoms with E-state index < -0.39 is 0 Å². The molecule has 6 heteroatoms. The summed E-state index contributed by atoms with van der Waals surface area (Å²) < 4.78 is 1.80. The maximum absolute atomic E-state index is 12.8. The number of aryl methyl sites for hydroxylation is 1. The summed E-state index contributed by atoms with van der Waals surface area (Å²) in [5.41, 5.74) is 3.44. The molecule has 1 amide bonds. The van der Waals surface area contributed by atoms with E-state index >= 15 is 0 Å². The van der Waals surface area contributed by atoms with Crippen LogP contribution in [0.5, 0.6) is 0 Å². The van der Waals surface area contributed by atoms with Crippen LogP contribution in [-0.2, 0) is 13.0 Å². The number of hydrogen-bond acceptors (Lipinski definition) is 4. The van der Waals surface area contributed by atoms with Crippen LogP contribution in [0.15, 0.2) is 17.8 Å². The topological polar surface area (TPSA) is 51.0 Å². The molecule has 0 saturated carbocycles. The Bertz CT molecular complexity index is 618. The first-order valence-electron chi connectivity index (χ1n) is 7.66. The second-order valence-corrected chi connectivity index (χ2v) is 6.85. The van der Waals surface area contributed by atoms with Crippen LogP contribution in [0.25, 0.3) is 0 Å². The van der Waals surface area contributed by atoms with E-state index in [1.165, 1.54) is 0 Å². The number of thiazole rings is 1. The Kier molecular flexibility index (Phi) is 5.34. The molecule has 1 atom stereocenters. The Morgan fingerprint density at radius 3 is 2.68 bits per heavy atom. The molecule has 0 aliphatic carbocycles. The van der Waals surface area contributed by atoms with Crippen molar-refractivity contribution in [2.75, 3.05) is 7.05 Å². The number of rotatable bonds is 6. The first kappa shape index (κ1) is 16.7. The SMILES string of the molecule is CCn1nc(CC(C)C)cc1C(=O)N(C)[C@@H](C)c1cncs1. The van der Waals surface area contributed by atoms with Crippen molar-refractivity contribution in [1.82, 2.24) is 19.7 Å². The minimum Gasteiger partial charge on any atom is -0.333 e. The number of amides is 1. The second-order valence-electron chi connectivity index (χ2n) is 5.93. The second kappa shape index (κ2) is 7.05. The average Bonchev–Trinajstić information content (AvgIpc) is 3.13. The summed E-state index contributed by atoms with van der Waals surface area (Å²) in [7, 11) is 1.84. The van der Waals surface area contributed by atoms with Gasteiger partial charge in [-0.1, -0.05) is 13.8 Å². The van der Waals surface area contributed by atoms with E-state index in [2.05, 4.69) is 23.9 Å². The third-order valence-corrected chi connectivity index (χ3v) is 4.68. The van der Waals surface area contributed by atoms with E-state index in [4.69, 9.17) is 0 Å². The van der Waals surface area contributed by atoms with Crippen LogP contribution in [0.3, 0.4) is 0 Å². The van der Waals surface area contributed by atoms with E-state index in [-0.39, 0.29) is 11.9 Å². The van der Waals surface area contributed by atoms with Gasteiger partial charge < -0.3 is 4.90 Å². The van der Waals surface area contributed by atoms with Gasteiger partial charge in [0.15, 0.2) is 0 Å². The molecule has 0 saturated heterocycles. The van der Waals surface area contributed by atoms with Crippen LogP contribution in [0.1, 0.15) is 54.8 Å². The molecular formula is C16H24N4OS. The zero-order chi connectivity index (χ0) is 16.3. The molecular weight excluding hydrogens is 296 g/mol. The lowest BCUT2D eigenvalue weighted by atomic mass is 10.1. The average molecular weight is 320 g/mol. The summed E-state index contributed by atoms with van der Waals surface area (Å²) >= 11 is 1.57. The Morgan fingerprint density at radius 1 is 1.41 bits per heavy atom. The Hall–Kier alpha value is -1.69. The van der Waals surface area contributed by atoms with Gasteiger partial charge in [0.1, 0.15) is 5.69 Å². The highest BCUT2D eigenvalue weighted by Crippen LogP contribution is 2.24. The molecule has 0 N–H and O–H groups in total. The molecule has 0 unspecified atom stereocenters. The maximum atomic E-state index is 12.8. The third kappa shape index (κ3) is 3.55. The lowest BCUT2D eigenvalue weighted by Gasteiger charge is -2.23. The molecule has 2 aromatic heterocycles. The Morgan fingerprint density at radius 2 is 2.14 bits per heavy atom. The summed E-state index contributed by atoms with van der Waals surface area (Å²) in [6.45, 7) is 9.04. The summed E-state index contributed by atoms with van der Waals surface area (Å²) in [5.74, 6) is 0.530. The maximum Gasteiger partial charge on any atom is 0.272 e. The van der Waals surface area contributed by atoms with Crippen molar-refractivity contribution in [3.63, 3.8) is 0 Å². The van der Waals surface area contributed by atoms with Gasteiger partial charge in [-0.05, 0) is 32.3 Å². The van der Waals surface area contributed by atoms with Crippen LogP contribution in [0.4, 0.5) is 0 Å². The minimum atomic E-state index is 0.00487. The highest BCUT2D eigenvalue weighted by molar-refractivity contribution is 7.09. The summed E-state index contributed by atoms with van der Waals surface area (Å²) in [6.07, 6.45) is 2.71. The van der Waals surface area contributed by atoms with Gasteiger partial charge in [-0.15, -0.1) is 11.3 Å². The van der Waals surface area contributed by atoms with Crippen LogP contribution in [0.2, 0.25) is 0 Å². The van der Waals surface area contributed by atoms with Gasteiger partial charge in [0, 0.05) is 24.7 Å². The van der Waals surface area contributed by atoms with Gasteiger partial charge in [-0.2, -0.15) is 5.10 Å². The van der Waals surface area contributed by atoms with Gasteiger partial charge in [-0.3, -0.25) is 14.5 Å². The highest BCUT2D eigenvalue weighted by Gasteiger charge is 2.23. The van der Waals surface area contributed by atoms with E-state index in [9.17, 15) is 4.79 Å². The predicted octanol–water partition coefficient (Wildman–Crippen LogP) is 3.39.